The van der Waals surface area contributed by atoms with Gasteiger partial charge in [0.15, 0.2) is 0 Å². The van der Waals surface area contributed by atoms with E-state index in [9.17, 15) is 0 Å². The van der Waals surface area contributed by atoms with Gasteiger partial charge in [-0.25, -0.2) is 0 Å². The first kappa shape index (κ1) is 12.8. The Kier molecular flexibility index (Phi) is 3.80. The highest BCUT2D eigenvalue weighted by Gasteiger charge is 2.09. The third kappa shape index (κ3) is 2.61. The van der Waals surface area contributed by atoms with Crippen molar-refractivity contribution in [2.45, 2.75) is 26.4 Å². The summed E-state index contributed by atoms with van der Waals surface area (Å²) in [6, 6.07) is 14.5. The molecule has 0 aliphatic carbocycles. The van der Waals surface area contributed by atoms with Crippen LogP contribution in [0.1, 0.15) is 33.9 Å². The van der Waals surface area contributed by atoms with E-state index >= 15 is 0 Å². The van der Waals surface area contributed by atoms with E-state index in [1.807, 2.05) is 12.1 Å². The number of hydrogen-bond acceptors (Lipinski definition) is 2. The highest BCUT2D eigenvalue weighted by molar-refractivity contribution is 5.37. The zero-order chi connectivity index (χ0) is 13.1. The second kappa shape index (κ2) is 5.34. The van der Waals surface area contributed by atoms with Gasteiger partial charge in [-0.05, 0) is 41.7 Å². The van der Waals surface area contributed by atoms with Gasteiger partial charge in [-0.15, -0.1) is 0 Å². The summed E-state index contributed by atoms with van der Waals surface area (Å²) in [5.74, 6) is 0. The molecule has 0 spiro atoms. The van der Waals surface area contributed by atoms with Crippen LogP contribution >= 0.6 is 0 Å². The zero-order valence-electron chi connectivity index (χ0n) is 11.0. The van der Waals surface area contributed by atoms with E-state index in [-0.39, 0.29) is 6.04 Å². The van der Waals surface area contributed by atoms with Gasteiger partial charge in [0.2, 0.25) is 0 Å². The quantitative estimate of drug-likeness (QED) is 0.866. The van der Waals surface area contributed by atoms with Crippen molar-refractivity contribution in [2.24, 2.45) is 11.5 Å². The molecular weight excluding hydrogens is 220 g/mol. The van der Waals surface area contributed by atoms with Gasteiger partial charge < -0.3 is 11.5 Å². The molecule has 2 aromatic carbocycles. The third-order valence-corrected chi connectivity index (χ3v) is 3.46. The Bertz CT molecular complexity index is 529. The first-order chi connectivity index (χ1) is 8.61. The molecule has 0 saturated heterocycles. The molecule has 0 aromatic heterocycles. The molecule has 0 amide bonds. The predicted octanol–water partition coefficient (Wildman–Crippen LogP) is 2.81. The molecule has 1 unspecified atom stereocenters. The second-order valence-corrected chi connectivity index (χ2v) is 4.77. The molecule has 0 aliphatic rings. The molecule has 2 aromatic rings. The summed E-state index contributed by atoms with van der Waals surface area (Å²) >= 11 is 0. The largest absolute Gasteiger partial charge is 0.326 e. The number of rotatable bonds is 3. The molecule has 2 nitrogen and oxygen atoms in total. The summed E-state index contributed by atoms with van der Waals surface area (Å²) < 4.78 is 0. The highest BCUT2D eigenvalue weighted by atomic mass is 14.6. The average molecular weight is 240 g/mol. The SMILES string of the molecule is Cc1ccc(C(N)c2ccc(CN)cc2)cc1C. The van der Waals surface area contributed by atoms with Gasteiger partial charge in [0.05, 0.1) is 6.04 Å². The van der Waals surface area contributed by atoms with Crippen molar-refractivity contribution in [3.8, 4) is 0 Å². The number of aryl methyl sites for hydroxylation is 2. The number of nitrogens with two attached hydrogens (primary N) is 2. The van der Waals surface area contributed by atoms with Gasteiger partial charge in [-0.2, -0.15) is 0 Å². The summed E-state index contributed by atoms with van der Waals surface area (Å²) in [5.41, 5.74) is 17.9. The van der Waals surface area contributed by atoms with Crippen molar-refractivity contribution in [1.29, 1.82) is 0 Å². The van der Waals surface area contributed by atoms with E-state index in [0.717, 1.165) is 16.7 Å². The second-order valence-electron chi connectivity index (χ2n) is 4.77. The van der Waals surface area contributed by atoms with E-state index in [2.05, 4.69) is 44.2 Å². The third-order valence-electron chi connectivity index (χ3n) is 3.46. The summed E-state index contributed by atoms with van der Waals surface area (Å²) in [4.78, 5) is 0. The van der Waals surface area contributed by atoms with Crippen LogP contribution in [0.2, 0.25) is 0 Å². The van der Waals surface area contributed by atoms with Gasteiger partial charge in [-0.3, -0.25) is 0 Å². The Balaban J connectivity index is 2.28. The van der Waals surface area contributed by atoms with Crippen LogP contribution in [-0.2, 0) is 6.54 Å². The Labute approximate surface area is 109 Å². The zero-order valence-corrected chi connectivity index (χ0v) is 11.0. The maximum absolute atomic E-state index is 6.30. The van der Waals surface area contributed by atoms with Gasteiger partial charge in [0.25, 0.3) is 0 Å². The maximum Gasteiger partial charge on any atom is 0.0551 e. The van der Waals surface area contributed by atoms with Crippen molar-refractivity contribution in [3.63, 3.8) is 0 Å². The molecule has 4 N–H and O–H groups in total. The molecule has 0 radical (unpaired) electrons. The van der Waals surface area contributed by atoms with E-state index in [1.165, 1.54) is 11.1 Å². The smallest absolute Gasteiger partial charge is 0.0551 e. The van der Waals surface area contributed by atoms with Crippen LogP contribution in [0.3, 0.4) is 0 Å². The summed E-state index contributed by atoms with van der Waals surface area (Å²) in [6.07, 6.45) is 0. The molecular formula is C16H20N2. The van der Waals surface area contributed by atoms with Gasteiger partial charge in [0, 0.05) is 6.54 Å². The molecule has 18 heavy (non-hydrogen) atoms. The minimum Gasteiger partial charge on any atom is -0.326 e. The topological polar surface area (TPSA) is 52.0 Å². The summed E-state index contributed by atoms with van der Waals surface area (Å²) in [6.45, 7) is 4.79. The summed E-state index contributed by atoms with van der Waals surface area (Å²) in [7, 11) is 0. The van der Waals surface area contributed by atoms with E-state index in [1.54, 1.807) is 0 Å². The van der Waals surface area contributed by atoms with Crippen LogP contribution in [0, 0.1) is 13.8 Å². The van der Waals surface area contributed by atoms with Gasteiger partial charge in [0.1, 0.15) is 0 Å². The van der Waals surface area contributed by atoms with Gasteiger partial charge >= 0.3 is 0 Å². The van der Waals surface area contributed by atoms with Crippen LogP contribution in [-0.4, -0.2) is 0 Å². The first-order valence-corrected chi connectivity index (χ1v) is 6.23. The maximum atomic E-state index is 6.30. The van der Waals surface area contributed by atoms with Crippen LogP contribution in [0.5, 0.6) is 0 Å². The van der Waals surface area contributed by atoms with Crippen molar-refractivity contribution in [3.05, 3.63) is 70.3 Å². The fraction of sp³-hybridized carbons (Fsp3) is 0.250. The van der Waals surface area contributed by atoms with Crippen molar-refractivity contribution < 1.29 is 0 Å². The lowest BCUT2D eigenvalue weighted by atomic mass is 9.96. The predicted molar refractivity (Wildman–Crippen MR) is 76.3 cm³/mol. The Morgan fingerprint density at radius 1 is 0.889 bits per heavy atom. The molecule has 0 fully saturated rings. The van der Waals surface area contributed by atoms with Crippen LogP contribution in [0.25, 0.3) is 0 Å². The molecule has 2 heteroatoms. The average Bonchev–Trinajstić information content (AvgIpc) is 2.41. The van der Waals surface area contributed by atoms with Crippen molar-refractivity contribution in [1.82, 2.24) is 0 Å². The Morgan fingerprint density at radius 3 is 2.06 bits per heavy atom. The fourth-order valence-corrected chi connectivity index (χ4v) is 2.01. The van der Waals surface area contributed by atoms with E-state index < -0.39 is 0 Å². The van der Waals surface area contributed by atoms with E-state index in [0.29, 0.717) is 6.54 Å². The molecule has 1 atom stereocenters. The normalized spacial score (nSPS) is 12.4. The lowest BCUT2D eigenvalue weighted by Gasteiger charge is -2.14. The van der Waals surface area contributed by atoms with Crippen molar-refractivity contribution >= 4 is 0 Å². The molecule has 94 valence electrons. The molecule has 0 aliphatic heterocycles. The first-order valence-electron chi connectivity index (χ1n) is 6.23. The Morgan fingerprint density at radius 2 is 1.50 bits per heavy atom. The Hall–Kier alpha value is -1.64. The lowest BCUT2D eigenvalue weighted by Crippen LogP contribution is -2.12. The molecule has 0 bridgehead atoms. The van der Waals surface area contributed by atoms with Crippen molar-refractivity contribution in [2.75, 3.05) is 0 Å². The van der Waals surface area contributed by atoms with Gasteiger partial charge in [-0.1, -0.05) is 42.5 Å². The summed E-state index contributed by atoms with van der Waals surface area (Å²) in [5, 5.41) is 0. The fourth-order valence-electron chi connectivity index (χ4n) is 2.01. The van der Waals surface area contributed by atoms with Crippen LogP contribution in [0.4, 0.5) is 0 Å². The lowest BCUT2D eigenvalue weighted by molar-refractivity contribution is 0.866. The number of benzene rings is 2. The van der Waals surface area contributed by atoms with Crippen LogP contribution in [0.15, 0.2) is 42.5 Å². The molecule has 0 saturated carbocycles. The molecule has 0 heterocycles. The standard InChI is InChI=1S/C16H20N2/c1-11-3-6-15(9-12(11)2)16(18)14-7-4-13(10-17)5-8-14/h3-9,16H,10,17-18H2,1-2H3. The number of hydrogen-bond donors (Lipinski definition) is 2. The minimum atomic E-state index is -0.0730. The minimum absolute atomic E-state index is 0.0730. The van der Waals surface area contributed by atoms with Crippen LogP contribution < -0.4 is 11.5 Å². The van der Waals surface area contributed by atoms with E-state index in [4.69, 9.17) is 11.5 Å². The molecule has 2 rings (SSSR count). The monoisotopic (exact) mass is 240 g/mol. The highest BCUT2D eigenvalue weighted by Crippen LogP contribution is 2.22.